The lowest BCUT2D eigenvalue weighted by Crippen LogP contribution is -2.26. The molecule has 1 N–H and O–H groups in total. The molecule has 2 atom stereocenters. The lowest BCUT2D eigenvalue weighted by atomic mass is 9.93. The molecule has 0 saturated heterocycles. The average molecular weight is 352 g/mol. The van der Waals surface area contributed by atoms with Gasteiger partial charge < -0.3 is 10.1 Å². The van der Waals surface area contributed by atoms with E-state index in [-0.39, 0.29) is 6.10 Å². The molecule has 2 aromatic rings. The van der Waals surface area contributed by atoms with Gasteiger partial charge >= 0.3 is 0 Å². The van der Waals surface area contributed by atoms with Gasteiger partial charge in [-0.1, -0.05) is 22.0 Å². The molecular weight excluding hydrogens is 334 g/mol. The molecule has 3 rings (SSSR count). The van der Waals surface area contributed by atoms with Crippen molar-refractivity contribution < 1.29 is 4.74 Å². The number of aryl methyl sites for hydroxylation is 2. The second kappa shape index (κ2) is 5.51. The van der Waals surface area contributed by atoms with Crippen LogP contribution in [0.5, 0.6) is 5.75 Å². The van der Waals surface area contributed by atoms with E-state index in [9.17, 15) is 0 Å². The molecule has 1 aliphatic rings. The Labute approximate surface area is 132 Å². The number of ether oxygens (including phenoxy) is 1. The average Bonchev–Trinajstić information content (AvgIpc) is 2.76. The summed E-state index contributed by atoms with van der Waals surface area (Å²) in [5.74, 6) is 0.984. The normalized spacial score (nSPS) is 21.4. The number of benzene rings is 1. The summed E-state index contributed by atoms with van der Waals surface area (Å²) in [5.41, 5.74) is 2.58. The summed E-state index contributed by atoms with van der Waals surface area (Å²) in [7, 11) is 2.02. The number of rotatable bonds is 2. The van der Waals surface area contributed by atoms with Gasteiger partial charge in [-0.05, 0) is 39.1 Å². The first-order valence-corrected chi connectivity index (χ1v) is 8.39. The Kier molecular flexibility index (Phi) is 3.89. The quantitative estimate of drug-likeness (QED) is 0.829. The van der Waals surface area contributed by atoms with E-state index < -0.39 is 0 Å². The number of thiophene rings is 1. The summed E-state index contributed by atoms with van der Waals surface area (Å²) in [5, 5.41) is 3.41. The van der Waals surface area contributed by atoms with E-state index in [1.165, 1.54) is 20.9 Å². The SMILES string of the molecule is CNC1CC(c2cc(C)sc2C)Oc2cc(Br)ccc21. The van der Waals surface area contributed by atoms with Crippen molar-refractivity contribution in [3.8, 4) is 5.75 Å². The fraction of sp³-hybridized carbons (Fsp3) is 0.375. The summed E-state index contributed by atoms with van der Waals surface area (Å²) in [4.78, 5) is 2.71. The smallest absolute Gasteiger partial charge is 0.127 e. The van der Waals surface area contributed by atoms with Gasteiger partial charge in [0.25, 0.3) is 0 Å². The number of hydrogen-bond acceptors (Lipinski definition) is 3. The van der Waals surface area contributed by atoms with Crippen LogP contribution in [0.4, 0.5) is 0 Å². The highest BCUT2D eigenvalue weighted by Crippen LogP contribution is 2.43. The van der Waals surface area contributed by atoms with Gasteiger partial charge in [-0.25, -0.2) is 0 Å². The Balaban J connectivity index is 1.99. The highest BCUT2D eigenvalue weighted by atomic mass is 79.9. The monoisotopic (exact) mass is 351 g/mol. The molecule has 0 amide bonds. The summed E-state index contributed by atoms with van der Waals surface area (Å²) in [6, 6.07) is 8.90. The molecule has 0 fully saturated rings. The van der Waals surface area contributed by atoms with Gasteiger partial charge in [0.1, 0.15) is 11.9 Å². The zero-order chi connectivity index (χ0) is 14.3. The van der Waals surface area contributed by atoms with E-state index in [0.717, 1.165) is 16.6 Å². The molecule has 0 saturated carbocycles. The van der Waals surface area contributed by atoms with E-state index in [0.29, 0.717) is 6.04 Å². The Hall–Kier alpha value is -0.840. The second-order valence-electron chi connectivity index (χ2n) is 5.23. The molecule has 0 spiro atoms. The first-order chi connectivity index (χ1) is 9.58. The van der Waals surface area contributed by atoms with E-state index in [1.807, 2.05) is 18.4 Å². The van der Waals surface area contributed by atoms with Crippen molar-refractivity contribution in [1.82, 2.24) is 5.32 Å². The number of halogens is 1. The third-order valence-corrected chi connectivity index (χ3v) is 5.32. The van der Waals surface area contributed by atoms with Crippen molar-refractivity contribution >= 4 is 27.3 Å². The minimum absolute atomic E-state index is 0.138. The van der Waals surface area contributed by atoms with Crippen LogP contribution in [0.25, 0.3) is 0 Å². The third-order valence-electron chi connectivity index (χ3n) is 3.84. The summed E-state index contributed by atoms with van der Waals surface area (Å²) < 4.78 is 7.32. The van der Waals surface area contributed by atoms with Crippen LogP contribution >= 0.6 is 27.3 Å². The van der Waals surface area contributed by atoms with Gasteiger partial charge in [-0.3, -0.25) is 0 Å². The topological polar surface area (TPSA) is 21.3 Å². The van der Waals surface area contributed by atoms with Crippen molar-refractivity contribution in [2.75, 3.05) is 7.05 Å². The zero-order valence-electron chi connectivity index (χ0n) is 11.9. The number of hydrogen-bond donors (Lipinski definition) is 1. The molecule has 1 aliphatic heterocycles. The van der Waals surface area contributed by atoms with Gasteiger partial charge in [-0.15, -0.1) is 11.3 Å². The third kappa shape index (κ3) is 2.52. The molecule has 2 nitrogen and oxygen atoms in total. The molecule has 0 bridgehead atoms. The predicted molar refractivity (Wildman–Crippen MR) is 87.7 cm³/mol. The van der Waals surface area contributed by atoms with Crippen molar-refractivity contribution in [3.05, 3.63) is 49.6 Å². The standard InChI is InChI=1S/C16H18BrNOS/c1-9-6-13(10(2)20-9)16-8-14(18-3)12-5-4-11(17)7-15(12)19-16/h4-7,14,16,18H,8H2,1-3H3. The maximum atomic E-state index is 6.26. The molecule has 106 valence electrons. The Morgan fingerprint density at radius 2 is 2.05 bits per heavy atom. The zero-order valence-corrected chi connectivity index (χ0v) is 14.3. The number of fused-ring (bicyclic) bond motifs is 1. The van der Waals surface area contributed by atoms with E-state index in [2.05, 4.69) is 59.4 Å². The second-order valence-corrected chi connectivity index (χ2v) is 7.61. The van der Waals surface area contributed by atoms with Crippen LogP contribution in [0, 0.1) is 13.8 Å². The van der Waals surface area contributed by atoms with E-state index in [4.69, 9.17) is 4.74 Å². The van der Waals surface area contributed by atoms with Crippen LogP contribution in [0.1, 0.15) is 39.4 Å². The van der Waals surface area contributed by atoms with E-state index >= 15 is 0 Å². The minimum Gasteiger partial charge on any atom is -0.485 e. The molecule has 2 heterocycles. The van der Waals surface area contributed by atoms with Gasteiger partial charge in [0, 0.05) is 37.8 Å². The summed E-state index contributed by atoms with van der Waals surface area (Å²) in [6.07, 6.45) is 1.11. The van der Waals surface area contributed by atoms with E-state index in [1.54, 1.807) is 0 Å². The van der Waals surface area contributed by atoms with Crippen LogP contribution in [-0.2, 0) is 0 Å². The van der Waals surface area contributed by atoms with Crippen molar-refractivity contribution in [1.29, 1.82) is 0 Å². The molecular formula is C16H18BrNOS. The van der Waals surface area contributed by atoms with Gasteiger partial charge in [0.05, 0.1) is 0 Å². The summed E-state index contributed by atoms with van der Waals surface area (Å²) in [6.45, 7) is 4.34. The van der Waals surface area contributed by atoms with Crippen LogP contribution in [-0.4, -0.2) is 7.05 Å². The van der Waals surface area contributed by atoms with Gasteiger partial charge in [-0.2, -0.15) is 0 Å². The molecule has 20 heavy (non-hydrogen) atoms. The molecule has 1 aromatic carbocycles. The van der Waals surface area contributed by atoms with Crippen LogP contribution in [0.3, 0.4) is 0 Å². The maximum absolute atomic E-state index is 6.26. The summed E-state index contributed by atoms with van der Waals surface area (Å²) >= 11 is 5.38. The fourth-order valence-electron chi connectivity index (χ4n) is 2.87. The van der Waals surface area contributed by atoms with Crippen LogP contribution < -0.4 is 10.1 Å². The Morgan fingerprint density at radius 1 is 1.25 bits per heavy atom. The Bertz CT molecular complexity index is 637. The molecule has 4 heteroatoms. The highest BCUT2D eigenvalue weighted by molar-refractivity contribution is 9.10. The van der Waals surface area contributed by atoms with Gasteiger partial charge in [0.2, 0.25) is 0 Å². The first-order valence-electron chi connectivity index (χ1n) is 6.78. The van der Waals surface area contributed by atoms with Crippen molar-refractivity contribution in [2.24, 2.45) is 0 Å². The molecule has 0 aliphatic carbocycles. The number of nitrogens with one attached hydrogen (secondary N) is 1. The first kappa shape index (κ1) is 14.1. The van der Waals surface area contributed by atoms with Crippen molar-refractivity contribution in [3.63, 3.8) is 0 Å². The fourth-order valence-corrected chi connectivity index (χ4v) is 4.19. The minimum atomic E-state index is 0.138. The lowest BCUT2D eigenvalue weighted by molar-refractivity contribution is 0.153. The van der Waals surface area contributed by atoms with Crippen molar-refractivity contribution in [2.45, 2.75) is 32.4 Å². The maximum Gasteiger partial charge on any atom is 0.127 e. The molecule has 2 unspecified atom stereocenters. The Morgan fingerprint density at radius 3 is 2.70 bits per heavy atom. The highest BCUT2D eigenvalue weighted by Gasteiger charge is 2.30. The molecule has 1 aromatic heterocycles. The predicted octanol–water partition coefficient (Wildman–Crippen LogP) is 4.91. The van der Waals surface area contributed by atoms with Gasteiger partial charge in [0.15, 0.2) is 0 Å². The molecule has 0 radical (unpaired) electrons. The lowest BCUT2D eigenvalue weighted by Gasteiger charge is -2.32. The van der Waals surface area contributed by atoms with Crippen LogP contribution in [0.15, 0.2) is 28.7 Å². The van der Waals surface area contributed by atoms with Crippen LogP contribution in [0.2, 0.25) is 0 Å². The largest absolute Gasteiger partial charge is 0.485 e.